The molecule has 2 heteroatoms. The van der Waals surface area contributed by atoms with Crippen molar-refractivity contribution in [1.29, 1.82) is 5.26 Å². The summed E-state index contributed by atoms with van der Waals surface area (Å²) < 4.78 is 0. The van der Waals surface area contributed by atoms with E-state index in [1.54, 1.807) is 0 Å². The van der Waals surface area contributed by atoms with E-state index in [-0.39, 0.29) is 6.04 Å². The van der Waals surface area contributed by atoms with E-state index in [2.05, 4.69) is 24.2 Å². The van der Waals surface area contributed by atoms with Crippen LogP contribution in [0.15, 0.2) is 0 Å². The highest BCUT2D eigenvalue weighted by molar-refractivity contribution is 4.95. The predicted octanol–water partition coefficient (Wildman–Crippen LogP) is 1.68. The zero-order chi connectivity index (χ0) is 9.40. The first-order chi connectivity index (χ1) is 5.78. The highest BCUT2D eigenvalue weighted by atomic mass is 14.9. The molecule has 0 heterocycles. The minimum atomic E-state index is -0.0525. The maximum absolute atomic E-state index is 8.67. The fourth-order valence-corrected chi connectivity index (χ4v) is 0.994. The molecule has 2 nitrogen and oxygen atoms in total. The van der Waals surface area contributed by atoms with E-state index in [1.807, 2.05) is 6.92 Å². The molecular formula is C10H16N2. The molecule has 0 aliphatic carbocycles. The van der Waals surface area contributed by atoms with E-state index in [4.69, 9.17) is 11.7 Å². The minimum Gasteiger partial charge on any atom is -0.298 e. The number of rotatable bonds is 5. The summed E-state index contributed by atoms with van der Waals surface area (Å²) in [6.45, 7) is 4.06. The molecule has 0 rings (SSSR count). The van der Waals surface area contributed by atoms with Crippen molar-refractivity contribution in [3.63, 3.8) is 0 Å². The summed E-state index contributed by atoms with van der Waals surface area (Å²) in [5.41, 5.74) is 0. The SMILES string of the molecule is C#CCC(CC)NC(C#N)CC. The average Bonchev–Trinajstić information content (AvgIpc) is 2.12. The second-order valence-corrected chi connectivity index (χ2v) is 2.77. The lowest BCUT2D eigenvalue weighted by molar-refractivity contribution is 0.461. The van der Waals surface area contributed by atoms with Gasteiger partial charge >= 0.3 is 0 Å². The second-order valence-electron chi connectivity index (χ2n) is 2.77. The highest BCUT2D eigenvalue weighted by Crippen LogP contribution is 1.99. The molecular weight excluding hydrogens is 148 g/mol. The number of nitrogens with one attached hydrogen (secondary N) is 1. The molecule has 2 unspecified atom stereocenters. The zero-order valence-corrected chi connectivity index (χ0v) is 7.80. The van der Waals surface area contributed by atoms with E-state index in [9.17, 15) is 0 Å². The molecule has 0 aliphatic heterocycles. The fourth-order valence-electron chi connectivity index (χ4n) is 0.994. The van der Waals surface area contributed by atoms with E-state index in [1.165, 1.54) is 0 Å². The minimum absolute atomic E-state index is 0.0525. The quantitative estimate of drug-likeness (QED) is 0.627. The largest absolute Gasteiger partial charge is 0.298 e. The third kappa shape index (κ3) is 4.01. The van der Waals surface area contributed by atoms with Crippen LogP contribution < -0.4 is 5.32 Å². The van der Waals surface area contributed by atoms with Crippen LogP contribution in [0.2, 0.25) is 0 Å². The molecule has 1 N–H and O–H groups in total. The van der Waals surface area contributed by atoms with Gasteiger partial charge in [0.1, 0.15) is 0 Å². The number of nitrogens with zero attached hydrogens (tertiary/aromatic N) is 1. The van der Waals surface area contributed by atoms with Gasteiger partial charge in [-0.2, -0.15) is 5.26 Å². The van der Waals surface area contributed by atoms with E-state index in [0.29, 0.717) is 12.5 Å². The first-order valence-corrected chi connectivity index (χ1v) is 4.37. The van der Waals surface area contributed by atoms with Crippen LogP contribution in [-0.4, -0.2) is 12.1 Å². The summed E-state index contributed by atoms with van der Waals surface area (Å²) in [4.78, 5) is 0. The van der Waals surface area contributed by atoms with Gasteiger partial charge in [-0.25, -0.2) is 0 Å². The Morgan fingerprint density at radius 3 is 2.42 bits per heavy atom. The maximum Gasteiger partial charge on any atom is 0.0952 e. The molecule has 0 aromatic rings. The summed E-state index contributed by atoms with van der Waals surface area (Å²) in [5, 5.41) is 11.9. The maximum atomic E-state index is 8.67. The Hall–Kier alpha value is -0.990. The molecule has 0 bridgehead atoms. The molecule has 0 amide bonds. The Bertz CT molecular complexity index is 185. The number of hydrogen-bond acceptors (Lipinski definition) is 2. The fraction of sp³-hybridized carbons (Fsp3) is 0.700. The van der Waals surface area contributed by atoms with Gasteiger partial charge in [0.05, 0.1) is 12.1 Å². The molecule has 0 saturated heterocycles. The zero-order valence-electron chi connectivity index (χ0n) is 7.80. The Kier molecular flexibility index (Phi) is 6.15. The van der Waals surface area contributed by atoms with Crippen LogP contribution >= 0.6 is 0 Å². The monoisotopic (exact) mass is 164 g/mol. The van der Waals surface area contributed by atoms with Crippen LogP contribution in [0.25, 0.3) is 0 Å². The first kappa shape index (κ1) is 11.0. The van der Waals surface area contributed by atoms with Crippen LogP contribution in [-0.2, 0) is 0 Å². The average molecular weight is 164 g/mol. The topological polar surface area (TPSA) is 35.8 Å². The van der Waals surface area contributed by atoms with Crippen LogP contribution in [0.4, 0.5) is 0 Å². The Morgan fingerprint density at radius 1 is 1.42 bits per heavy atom. The molecule has 0 aromatic heterocycles. The van der Waals surface area contributed by atoms with Crippen molar-refractivity contribution in [1.82, 2.24) is 5.32 Å². The predicted molar refractivity (Wildman–Crippen MR) is 50.4 cm³/mol. The van der Waals surface area contributed by atoms with Crippen LogP contribution in [0, 0.1) is 23.7 Å². The third-order valence-electron chi connectivity index (χ3n) is 1.86. The number of nitriles is 1. The van der Waals surface area contributed by atoms with E-state index in [0.717, 1.165) is 12.8 Å². The van der Waals surface area contributed by atoms with Gasteiger partial charge in [0.25, 0.3) is 0 Å². The van der Waals surface area contributed by atoms with Gasteiger partial charge in [0.2, 0.25) is 0 Å². The molecule has 66 valence electrons. The lowest BCUT2D eigenvalue weighted by Gasteiger charge is -2.17. The van der Waals surface area contributed by atoms with Gasteiger partial charge in [0, 0.05) is 12.5 Å². The summed E-state index contributed by atoms with van der Waals surface area (Å²) >= 11 is 0. The third-order valence-corrected chi connectivity index (χ3v) is 1.86. The van der Waals surface area contributed by atoms with Crippen molar-refractivity contribution < 1.29 is 0 Å². The summed E-state index contributed by atoms with van der Waals surface area (Å²) in [5.74, 6) is 2.60. The molecule has 0 fully saturated rings. The lowest BCUT2D eigenvalue weighted by Crippen LogP contribution is -2.36. The van der Waals surface area contributed by atoms with Crippen molar-refractivity contribution in [2.45, 2.75) is 45.2 Å². The standard InChI is InChI=1S/C10H16N2/c1-4-7-9(5-2)12-10(6-3)8-11/h1,9-10,12H,5-7H2,2-3H3. The Morgan fingerprint density at radius 2 is 2.08 bits per heavy atom. The van der Waals surface area contributed by atoms with Crippen LogP contribution in [0.1, 0.15) is 33.1 Å². The van der Waals surface area contributed by atoms with Gasteiger partial charge in [-0.3, -0.25) is 5.32 Å². The highest BCUT2D eigenvalue weighted by Gasteiger charge is 2.09. The molecule has 0 aromatic carbocycles. The Balaban J connectivity index is 3.86. The Labute approximate surface area is 75.0 Å². The molecule has 0 spiro atoms. The lowest BCUT2D eigenvalue weighted by atomic mass is 10.1. The second kappa shape index (κ2) is 6.70. The van der Waals surface area contributed by atoms with E-state index >= 15 is 0 Å². The summed E-state index contributed by atoms with van der Waals surface area (Å²) in [6, 6.07) is 2.43. The molecule has 12 heavy (non-hydrogen) atoms. The number of hydrogen-bond donors (Lipinski definition) is 1. The van der Waals surface area contributed by atoms with Gasteiger partial charge in [-0.1, -0.05) is 13.8 Å². The first-order valence-electron chi connectivity index (χ1n) is 4.37. The van der Waals surface area contributed by atoms with Gasteiger partial charge in [0.15, 0.2) is 0 Å². The van der Waals surface area contributed by atoms with Crippen molar-refractivity contribution >= 4 is 0 Å². The van der Waals surface area contributed by atoms with Crippen molar-refractivity contribution in [2.24, 2.45) is 0 Å². The van der Waals surface area contributed by atoms with Crippen molar-refractivity contribution in [2.75, 3.05) is 0 Å². The smallest absolute Gasteiger partial charge is 0.0952 e. The molecule has 0 saturated carbocycles. The van der Waals surface area contributed by atoms with Gasteiger partial charge in [-0.05, 0) is 12.8 Å². The molecule has 0 aliphatic rings. The normalized spacial score (nSPS) is 14.3. The molecule has 2 atom stereocenters. The van der Waals surface area contributed by atoms with Crippen LogP contribution in [0.3, 0.4) is 0 Å². The van der Waals surface area contributed by atoms with Crippen molar-refractivity contribution in [3.8, 4) is 18.4 Å². The van der Waals surface area contributed by atoms with E-state index < -0.39 is 0 Å². The molecule has 0 radical (unpaired) electrons. The van der Waals surface area contributed by atoms with Crippen molar-refractivity contribution in [3.05, 3.63) is 0 Å². The van der Waals surface area contributed by atoms with Gasteiger partial charge in [-0.15, -0.1) is 12.3 Å². The van der Waals surface area contributed by atoms with Gasteiger partial charge < -0.3 is 0 Å². The summed E-state index contributed by atoms with van der Waals surface area (Å²) in [6.07, 6.45) is 7.70. The summed E-state index contributed by atoms with van der Waals surface area (Å²) in [7, 11) is 0. The number of terminal acetylenes is 1. The van der Waals surface area contributed by atoms with Crippen LogP contribution in [0.5, 0.6) is 0 Å².